The van der Waals surface area contributed by atoms with E-state index in [0.29, 0.717) is 26.9 Å². The Labute approximate surface area is 168 Å². The number of rotatable bonds is 3. The maximum atomic E-state index is 12.7. The number of nitrogens with zero attached hydrogens (tertiary/aromatic N) is 2. The maximum absolute atomic E-state index is 12.7. The van der Waals surface area contributed by atoms with Crippen LogP contribution in [0, 0.1) is 6.92 Å². The van der Waals surface area contributed by atoms with E-state index in [2.05, 4.69) is 4.99 Å². The van der Waals surface area contributed by atoms with Crippen LogP contribution in [0.5, 0.6) is 0 Å². The van der Waals surface area contributed by atoms with Crippen molar-refractivity contribution in [2.24, 2.45) is 4.99 Å². The Morgan fingerprint density at radius 1 is 1.17 bits per heavy atom. The van der Waals surface area contributed by atoms with Gasteiger partial charge in [0.2, 0.25) is 0 Å². The largest absolute Gasteiger partial charge is 0.478 e. The molecule has 1 N–H and O–H groups in total. The third-order valence-corrected chi connectivity index (χ3v) is 5.35. The van der Waals surface area contributed by atoms with Crippen molar-refractivity contribution >= 4 is 40.6 Å². The fraction of sp³-hybridized carbons (Fsp3) is 0.150. The first kappa shape index (κ1) is 20.7. The Hall–Kier alpha value is -3.07. The van der Waals surface area contributed by atoms with Crippen molar-refractivity contribution in [2.75, 3.05) is 7.05 Å². The van der Waals surface area contributed by atoms with Crippen LogP contribution in [0.15, 0.2) is 52.4 Å². The highest BCUT2D eigenvalue weighted by atomic mass is 32.2. The molecule has 1 aliphatic heterocycles. The zero-order chi connectivity index (χ0) is 21.3. The van der Waals surface area contributed by atoms with Crippen molar-refractivity contribution in [3.8, 4) is 0 Å². The van der Waals surface area contributed by atoms with Crippen LogP contribution >= 0.6 is 11.8 Å². The van der Waals surface area contributed by atoms with Crippen LogP contribution in [0.25, 0.3) is 6.08 Å². The number of halogens is 3. The van der Waals surface area contributed by atoms with Crippen molar-refractivity contribution in [1.82, 2.24) is 4.90 Å². The second kappa shape index (κ2) is 7.75. The number of aromatic carboxylic acids is 1. The average Bonchev–Trinajstić information content (AvgIpc) is 2.91. The van der Waals surface area contributed by atoms with Crippen LogP contribution in [0.2, 0.25) is 0 Å². The molecule has 150 valence electrons. The fourth-order valence-corrected chi connectivity index (χ4v) is 3.63. The van der Waals surface area contributed by atoms with Gasteiger partial charge in [-0.3, -0.25) is 9.69 Å². The topological polar surface area (TPSA) is 70.0 Å². The molecule has 0 aliphatic carbocycles. The summed E-state index contributed by atoms with van der Waals surface area (Å²) in [6, 6.07) is 9.17. The summed E-state index contributed by atoms with van der Waals surface area (Å²) in [6.07, 6.45) is -2.93. The molecular formula is C20H15F3N2O3S. The summed E-state index contributed by atoms with van der Waals surface area (Å²) >= 11 is 1.07. The zero-order valence-electron chi connectivity index (χ0n) is 15.3. The van der Waals surface area contributed by atoms with Gasteiger partial charge in [-0.25, -0.2) is 9.79 Å². The minimum atomic E-state index is -4.42. The molecule has 0 atom stereocenters. The SMILES string of the molecule is Cc1c(N=C2S/C(=C\c3ccc(C(F)(F)F)cc3)C(=O)N2C)cccc1C(=O)O. The van der Waals surface area contributed by atoms with Gasteiger partial charge in [0.05, 0.1) is 21.7 Å². The predicted octanol–water partition coefficient (Wildman–Crippen LogP) is 4.95. The number of carboxylic acids is 1. The van der Waals surface area contributed by atoms with Crippen molar-refractivity contribution in [2.45, 2.75) is 13.1 Å². The van der Waals surface area contributed by atoms with E-state index >= 15 is 0 Å². The average molecular weight is 420 g/mol. The third-order valence-electron chi connectivity index (χ3n) is 4.29. The first-order valence-electron chi connectivity index (χ1n) is 8.34. The van der Waals surface area contributed by atoms with Crippen LogP contribution in [0.3, 0.4) is 0 Å². The highest BCUT2D eigenvalue weighted by molar-refractivity contribution is 8.18. The van der Waals surface area contributed by atoms with Crippen LogP contribution in [0.1, 0.15) is 27.0 Å². The number of hydrogen-bond donors (Lipinski definition) is 1. The quantitative estimate of drug-likeness (QED) is 0.714. The van der Waals surface area contributed by atoms with Gasteiger partial charge in [-0.05, 0) is 60.2 Å². The van der Waals surface area contributed by atoms with Gasteiger partial charge in [-0.1, -0.05) is 18.2 Å². The Balaban J connectivity index is 1.90. The molecule has 1 fully saturated rings. The number of thioether (sulfide) groups is 1. The molecule has 1 aliphatic rings. The molecule has 1 amide bonds. The number of benzene rings is 2. The minimum absolute atomic E-state index is 0.115. The normalized spacial score (nSPS) is 17.4. The second-order valence-electron chi connectivity index (χ2n) is 6.24. The standard InChI is InChI=1S/C20H15F3N2O3S/c1-11-14(18(27)28)4-3-5-15(11)24-19-25(2)17(26)16(29-19)10-12-6-8-13(9-7-12)20(21,22)23/h3-10H,1-2H3,(H,27,28)/b16-10-,24-19?. The zero-order valence-corrected chi connectivity index (χ0v) is 16.1. The van der Waals surface area contributed by atoms with Gasteiger partial charge in [-0.15, -0.1) is 0 Å². The number of carboxylic acid groups (broad SMARTS) is 1. The third kappa shape index (κ3) is 4.34. The van der Waals surface area contributed by atoms with Gasteiger partial charge in [0.25, 0.3) is 5.91 Å². The Morgan fingerprint density at radius 3 is 2.41 bits per heavy atom. The smallest absolute Gasteiger partial charge is 0.416 e. The lowest BCUT2D eigenvalue weighted by atomic mass is 10.1. The first-order valence-corrected chi connectivity index (χ1v) is 9.16. The van der Waals surface area contributed by atoms with Crippen LogP contribution in [-0.2, 0) is 11.0 Å². The van der Waals surface area contributed by atoms with E-state index in [0.717, 1.165) is 23.9 Å². The van der Waals surface area contributed by atoms with Gasteiger partial charge in [0.15, 0.2) is 5.17 Å². The number of alkyl halides is 3. The molecular weight excluding hydrogens is 405 g/mol. The molecule has 2 aromatic carbocycles. The van der Waals surface area contributed by atoms with Gasteiger partial charge in [-0.2, -0.15) is 13.2 Å². The summed E-state index contributed by atoms with van der Waals surface area (Å²) in [5, 5.41) is 9.57. The lowest BCUT2D eigenvalue weighted by molar-refractivity contribution is -0.137. The predicted molar refractivity (Wildman–Crippen MR) is 105 cm³/mol. The number of carbonyl (C=O) groups is 2. The fourth-order valence-electron chi connectivity index (χ4n) is 2.65. The molecule has 1 heterocycles. The molecule has 0 saturated carbocycles. The molecule has 5 nitrogen and oxygen atoms in total. The molecule has 0 unspecified atom stereocenters. The molecule has 2 aromatic rings. The minimum Gasteiger partial charge on any atom is -0.478 e. The van der Waals surface area contributed by atoms with Gasteiger partial charge >= 0.3 is 12.1 Å². The molecule has 0 bridgehead atoms. The number of aliphatic imine (C=N–C) groups is 1. The van der Waals surface area contributed by atoms with Crippen LogP contribution < -0.4 is 0 Å². The van der Waals surface area contributed by atoms with Crippen molar-refractivity contribution in [3.63, 3.8) is 0 Å². The highest BCUT2D eigenvalue weighted by Crippen LogP contribution is 2.35. The number of likely N-dealkylation sites (N-methyl/N-ethyl adjacent to an activating group) is 1. The lowest BCUT2D eigenvalue weighted by Gasteiger charge is -2.09. The van der Waals surface area contributed by atoms with Gasteiger partial charge in [0.1, 0.15) is 0 Å². The van der Waals surface area contributed by atoms with E-state index in [-0.39, 0.29) is 11.5 Å². The monoisotopic (exact) mass is 420 g/mol. The van der Waals surface area contributed by atoms with Crippen molar-refractivity contribution in [3.05, 3.63) is 69.6 Å². The van der Waals surface area contributed by atoms with E-state index in [1.807, 2.05) is 0 Å². The number of amides is 1. The van der Waals surface area contributed by atoms with E-state index < -0.39 is 17.7 Å². The molecule has 29 heavy (non-hydrogen) atoms. The Morgan fingerprint density at radius 2 is 1.83 bits per heavy atom. The van der Waals surface area contributed by atoms with Gasteiger partial charge in [0, 0.05) is 7.05 Å². The van der Waals surface area contributed by atoms with Crippen LogP contribution in [0.4, 0.5) is 18.9 Å². The number of amidine groups is 1. The van der Waals surface area contributed by atoms with E-state index in [9.17, 15) is 27.9 Å². The summed E-state index contributed by atoms with van der Waals surface area (Å²) in [5.41, 5.74) is 0.687. The van der Waals surface area contributed by atoms with Crippen molar-refractivity contribution < 1.29 is 27.9 Å². The molecule has 0 radical (unpaired) electrons. The van der Waals surface area contributed by atoms with Crippen molar-refractivity contribution in [1.29, 1.82) is 0 Å². The summed E-state index contributed by atoms with van der Waals surface area (Å²) in [5.74, 6) is -1.42. The molecule has 0 spiro atoms. The van der Waals surface area contributed by atoms with E-state index in [1.165, 1.54) is 36.2 Å². The molecule has 1 saturated heterocycles. The summed E-state index contributed by atoms with van der Waals surface area (Å²) in [4.78, 5) is 29.8. The first-order chi connectivity index (χ1) is 13.6. The molecule has 9 heteroatoms. The Bertz CT molecular complexity index is 1040. The maximum Gasteiger partial charge on any atom is 0.416 e. The summed E-state index contributed by atoms with van der Waals surface area (Å²) in [7, 11) is 1.53. The van der Waals surface area contributed by atoms with E-state index in [4.69, 9.17) is 0 Å². The summed E-state index contributed by atoms with van der Waals surface area (Å²) in [6.45, 7) is 1.63. The molecule has 3 rings (SSSR count). The van der Waals surface area contributed by atoms with Crippen LogP contribution in [-0.4, -0.2) is 34.1 Å². The molecule has 0 aromatic heterocycles. The highest BCUT2D eigenvalue weighted by Gasteiger charge is 2.32. The Kier molecular flexibility index (Phi) is 5.52. The number of carbonyl (C=O) groups excluding carboxylic acids is 1. The lowest BCUT2D eigenvalue weighted by Crippen LogP contribution is -2.23. The van der Waals surface area contributed by atoms with E-state index in [1.54, 1.807) is 19.1 Å². The summed E-state index contributed by atoms with van der Waals surface area (Å²) < 4.78 is 38.0. The number of hydrogen-bond acceptors (Lipinski definition) is 4. The second-order valence-corrected chi connectivity index (χ2v) is 7.25. The van der Waals surface area contributed by atoms with Gasteiger partial charge < -0.3 is 5.11 Å².